The van der Waals surface area contributed by atoms with Crippen molar-refractivity contribution in [2.24, 2.45) is 11.3 Å². The van der Waals surface area contributed by atoms with Gasteiger partial charge in [-0.15, -0.1) is 0 Å². The molecule has 1 heterocycles. The van der Waals surface area contributed by atoms with Crippen LogP contribution in [0.15, 0.2) is 36.4 Å². The third-order valence-electron chi connectivity index (χ3n) is 7.10. The minimum absolute atomic E-state index is 0.0495. The summed E-state index contributed by atoms with van der Waals surface area (Å²) in [6, 6.07) is 6.89. The molecule has 0 aromatic heterocycles. The Hall–Kier alpha value is -2.14. The molecule has 0 unspecified atom stereocenters. The molecule has 2 N–H and O–H groups in total. The molecule has 0 radical (unpaired) electrons. The molecule has 29 heavy (non-hydrogen) atoms. The molecule has 156 valence electrons. The molecule has 2 saturated carbocycles. The van der Waals surface area contributed by atoms with Gasteiger partial charge in [-0.3, -0.25) is 4.79 Å². The summed E-state index contributed by atoms with van der Waals surface area (Å²) in [6.07, 6.45) is 12.9. The minimum atomic E-state index is -0.930. The van der Waals surface area contributed by atoms with Crippen molar-refractivity contribution in [3.8, 4) is 0 Å². The summed E-state index contributed by atoms with van der Waals surface area (Å²) in [6.45, 7) is 0.615. The van der Waals surface area contributed by atoms with Crippen molar-refractivity contribution in [3.63, 3.8) is 0 Å². The van der Waals surface area contributed by atoms with Gasteiger partial charge in [0.2, 0.25) is 5.91 Å². The van der Waals surface area contributed by atoms with Gasteiger partial charge in [0.05, 0.1) is 17.7 Å². The largest absolute Gasteiger partial charge is 0.478 e. The lowest BCUT2D eigenvalue weighted by Crippen LogP contribution is -2.41. The van der Waals surface area contributed by atoms with E-state index in [1.807, 2.05) is 23.1 Å². The fourth-order valence-electron chi connectivity index (χ4n) is 4.90. The van der Waals surface area contributed by atoms with Crippen LogP contribution in [0.3, 0.4) is 0 Å². The van der Waals surface area contributed by atoms with Crippen LogP contribution in [0.25, 0.3) is 0 Å². The Morgan fingerprint density at radius 3 is 2.52 bits per heavy atom. The second-order valence-electron chi connectivity index (χ2n) is 9.14. The van der Waals surface area contributed by atoms with Crippen LogP contribution in [-0.2, 0) is 11.2 Å². The first-order valence-electron chi connectivity index (χ1n) is 10.9. The molecule has 1 aromatic carbocycles. The number of nitrogens with zero attached hydrogens (tertiary/aromatic N) is 1. The second-order valence-corrected chi connectivity index (χ2v) is 9.14. The van der Waals surface area contributed by atoms with Crippen molar-refractivity contribution in [2.45, 2.75) is 69.9 Å². The molecular formula is C24H31NO4. The standard InChI is InChI=1S/C24H31NO4/c26-21(24(13-1-14-24)16-18-2-3-18)10-8-20-9-11-22(27)25(20)15-12-17-4-6-19(7-5-17)23(28)29/h4-8,10,18,20-21,26H,1-3,9,11-16H2,(H,28,29)/t20-,21+/m0/s1. The van der Waals surface area contributed by atoms with Crippen LogP contribution in [0.5, 0.6) is 0 Å². The lowest BCUT2D eigenvalue weighted by molar-refractivity contribution is -0.128. The molecule has 5 heteroatoms. The maximum absolute atomic E-state index is 12.4. The predicted molar refractivity (Wildman–Crippen MR) is 111 cm³/mol. The monoisotopic (exact) mass is 397 g/mol. The van der Waals surface area contributed by atoms with Crippen molar-refractivity contribution in [2.75, 3.05) is 6.54 Å². The zero-order valence-electron chi connectivity index (χ0n) is 16.9. The predicted octanol–water partition coefficient (Wildman–Crippen LogP) is 3.81. The van der Waals surface area contributed by atoms with Crippen molar-refractivity contribution >= 4 is 11.9 Å². The van der Waals surface area contributed by atoms with Gasteiger partial charge in [0.15, 0.2) is 0 Å². The SMILES string of the molecule is O=C(O)c1ccc(CCN2C(=O)CC[C@@H]2C=C[C@@H](O)C2(CC3CC3)CCC2)cc1. The Kier molecular flexibility index (Phi) is 5.77. The number of carboxylic acid groups (broad SMARTS) is 1. The van der Waals surface area contributed by atoms with Gasteiger partial charge in [0.25, 0.3) is 0 Å². The lowest BCUT2D eigenvalue weighted by Gasteiger charge is -2.45. The highest BCUT2D eigenvalue weighted by atomic mass is 16.4. The Bertz CT molecular complexity index is 777. The Balaban J connectivity index is 1.35. The number of benzene rings is 1. The van der Waals surface area contributed by atoms with Crippen LogP contribution in [0, 0.1) is 11.3 Å². The van der Waals surface area contributed by atoms with E-state index in [-0.39, 0.29) is 22.9 Å². The van der Waals surface area contributed by atoms with Crippen molar-refractivity contribution in [1.29, 1.82) is 0 Å². The molecule has 0 bridgehead atoms. The van der Waals surface area contributed by atoms with Crippen molar-refractivity contribution < 1.29 is 19.8 Å². The quantitative estimate of drug-likeness (QED) is 0.621. The number of carboxylic acids is 1. The van der Waals surface area contributed by atoms with Crippen LogP contribution in [0.4, 0.5) is 0 Å². The highest BCUT2D eigenvalue weighted by Gasteiger charge is 2.45. The number of rotatable bonds is 9. The van der Waals surface area contributed by atoms with Gasteiger partial charge in [-0.1, -0.05) is 43.5 Å². The number of likely N-dealkylation sites (tertiary alicyclic amines) is 1. The fraction of sp³-hybridized carbons (Fsp3) is 0.583. The summed E-state index contributed by atoms with van der Waals surface area (Å²) in [5.41, 5.74) is 1.38. The summed E-state index contributed by atoms with van der Waals surface area (Å²) in [5, 5.41) is 19.9. The van der Waals surface area contributed by atoms with E-state index in [4.69, 9.17) is 5.11 Å². The van der Waals surface area contributed by atoms with Crippen molar-refractivity contribution in [3.05, 3.63) is 47.5 Å². The average Bonchev–Trinajstić information content (AvgIpc) is 3.43. The van der Waals surface area contributed by atoms with Crippen LogP contribution >= 0.6 is 0 Å². The van der Waals surface area contributed by atoms with Crippen LogP contribution < -0.4 is 0 Å². The first-order valence-corrected chi connectivity index (χ1v) is 10.9. The first kappa shape index (κ1) is 20.1. The van der Waals surface area contributed by atoms with Crippen LogP contribution in [-0.4, -0.2) is 45.7 Å². The first-order chi connectivity index (χ1) is 14.0. The average molecular weight is 398 g/mol. The van der Waals surface area contributed by atoms with Gasteiger partial charge in [-0.05, 0) is 55.7 Å². The van der Waals surface area contributed by atoms with E-state index in [1.54, 1.807) is 12.1 Å². The van der Waals surface area contributed by atoms with E-state index < -0.39 is 12.1 Å². The van der Waals surface area contributed by atoms with E-state index in [2.05, 4.69) is 6.08 Å². The van der Waals surface area contributed by atoms with Crippen LogP contribution in [0.2, 0.25) is 0 Å². The smallest absolute Gasteiger partial charge is 0.335 e. The van der Waals surface area contributed by atoms with Gasteiger partial charge < -0.3 is 15.1 Å². The number of amides is 1. The Morgan fingerprint density at radius 2 is 1.93 bits per heavy atom. The molecule has 5 nitrogen and oxygen atoms in total. The highest BCUT2D eigenvalue weighted by Crippen LogP contribution is 2.53. The Labute approximate surface area is 172 Å². The molecule has 1 aromatic rings. The van der Waals surface area contributed by atoms with E-state index >= 15 is 0 Å². The zero-order chi connectivity index (χ0) is 20.4. The van der Waals surface area contributed by atoms with Gasteiger partial charge in [0.1, 0.15) is 0 Å². The molecular weight excluding hydrogens is 366 g/mol. The van der Waals surface area contributed by atoms with Crippen molar-refractivity contribution in [1.82, 2.24) is 4.90 Å². The number of aliphatic hydroxyl groups is 1. The molecule has 1 aliphatic heterocycles. The zero-order valence-corrected chi connectivity index (χ0v) is 16.9. The van der Waals surface area contributed by atoms with Gasteiger partial charge in [0, 0.05) is 18.4 Å². The molecule has 2 atom stereocenters. The maximum atomic E-state index is 12.4. The molecule has 3 aliphatic rings. The summed E-state index contributed by atoms with van der Waals surface area (Å²) in [7, 11) is 0. The molecule has 0 spiro atoms. The van der Waals surface area contributed by atoms with E-state index in [0.717, 1.165) is 37.2 Å². The third-order valence-corrected chi connectivity index (χ3v) is 7.10. The number of carbonyl (C=O) groups excluding carboxylic acids is 1. The summed E-state index contributed by atoms with van der Waals surface area (Å²) >= 11 is 0. The lowest BCUT2D eigenvalue weighted by atomic mass is 9.62. The molecule has 3 fully saturated rings. The normalized spacial score (nSPS) is 24.7. The molecule has 4 rings (SSSR count). The number of aromatic carboxylic acids is 1. The Morgan fingerprint density at radius 1 is 1.21 bits per heavy atom. The van der Waals surface area contributed by atoms with Crippen LogP contribution in [0.1, 0.15) is 67.3 Å². The number of aliphatic hydroxyl groups excluding tert-OH is 1. The topological polar surface area (TPSA) is 77.8 Å². The van der Waals surface area contributed by atoms with Gasteiger partial charge in [-0.25, -0.2) is 4.79 Å². The summed E-state index contributed by atoms with van der Waals surface area (Å²) in [4.78, 5) is 25.2. The van der Waals surface area contributed by atoms with Gasteiger partial charge >= 0.3 is 5.97 Å². The minimum Gasteiger partial charge on any atom is -0.478 e. The van der Waals surface area contributed by atoms with E-state index in [1.165, 1.54) is 19.3 Å². The van der Waals surface area contributed by atoms with E-state index in [0.29, 0.717) is 19.4 Å². The molecule has 1 saturated heterocycles. The highest BCUT2D eigenvalue weighted by molar-refractivity contribution is 5.87. The van der Waals surface area contributed by atoms with Gasteiger partial charge in [-0.2, -0.15) is 0 Å². The number of hydrogen-bond acceptors (Lipinski definition) is 3. The number of hydrogen-bond donors (Lipinski definition) is 2. The summed E-state index contributed by atoms with van der Waals surface area (Å²) in [5.74, 6) is 0.0454. The maximum Gasteiger partial charge on any atom is 0.335 e. The second kappa shape index (κ2) is 8.31. The number of carbonyl (C=O) groups is 2. The fourth-order valence-corrected chi connectivity index (χ4v) is 4.90. The third kappa shape index (κ3) is 4.55. The van der Waals surface area contributed by atoms with E-state index in [9.17, 15) is 14.7 Å². The summed E-state index contributed by atoms with van der Waals surface area (Å²) < 4.78 is 0. The molecule has 1 amide bonds. The molecule has 2 aliphatic carbocycles.